The van der Waals surface area contributed by atoms with E-state index in [-0.39, 0.29) is 43.4 Å². The van der Waals surface area contributed by atoms with E-state index in [1.165, 1.54) is 27.3 Å². The number of hydrogen-bond acceptors (Lipinski definition) is 12. The Hall–Kier alpha value is -5.52. The van der Waals surface area contributed by atoms with Gasteiger partial charge in [0.25, 0.3) is 5.91 Å². The summed E-state index contributed by atoms with van der Waals surface area (Å²) in [5, 5.41) is 6.92. The van der Waals surface area contributed by atoms with Crippen LogP contribution in [-0.4, -0.2) is 122 Å². The fraction of sp³-hybridized carbons (Fsp3) is 0.532. The Morgan fingerprint density at radius 3 is 2.64 bits per heavy atom. The molecule has 0 radical (unpaired) electrons. The van der Waals surface area contributed by atoms with Gasteiger partial charge in [-0.15, -0.1) is 11.3 Å². The molecule has 17 heteroatoms. The monoisotopic (exact) mass is 895 g/mol. The quantitative estimate of drug-likeness (QED) is 0.160. The number of nitrogens with zero attached hydrogens (tertiary/aromatic N) is 7. The van der Waals surface area contributed by atoms with Crippen LogP contribution in [0.4, 0.5) is 0 Å². The highest BCUT2D eigenvalue weighted by atomic mass is 32.1. The lowest BCUT2D eigenvalue weighted by Gasteiger charge is -2.37. The van der Waals surface area contributed by atoms with E-state index in [0.717, 1.165) is 33.5 Å². The number of thiazole rings is 1. The maximum Gasteiger partial charge on any atom is 0.324 e. The third kappa shape index (κ3) is 9.47. The van der Waals surface area contributed by atoms with Gasteiger partial charge in [-0.3, -0.25) is 34.0 Å². The van der Waals surface area contributed by atoms with Crippen LogP contribution < -0.4 is 10.7 Å². The van der Waals surface area contributed by atoms with E-state index in [9.17, 15) is 24.0 Å². The molecule has 0 saturated carbocycles. The van der Waals surface area contributed by atoms with E-state index in [1.54, 1.807) is 25.3 Å². The van der Waals surface area contributed by atoms with Crippen LogP contribution in [0, 0.1) is 17.3 Å². The summed E-state index contributed by atoms with van der Waals surface area (Å²) in [6.45, 7) is 17.2. The van der Waals surface area contributed by atoms with E-state index in [0.29, 0.717) is 61.7 Å². The summed E-state index contributed by atoms with van der Waals surface area (Å²) in [6.07, 6.45) is 4.74. The number of fused-ring (bicyclic) bond motifs is 6. The number of aromatic nitrogens is 4. The molecule has 3 aliphatic rings. The van der Waals surface area contributed by atoms with Gasteiger partial charge in [-0.2, -0.15) is 0 Å². The van der Waals surface area contributed by atoms with Crippen molar-refractivity contribution in [2.45, 2.75) is 104 Å². The van der Waals surface area contributed by atoms with E-state index < -0.39 is 47.2 Å². The Morgan fingerprint density at radius 2 is 1.92 bits per heavy atom. The van der Waals surface area contributed by atoms with Crippen LogP contribution in [0.25, 0.3) is 33.0 Å². The van der Waals surface area contributed by atoms with E-state index in [1.807, 2.05) is 38.3 Å². The predicted molar refractivity (Wildman–Crippen MR) is 243 cm³/mol. The zero-order valence-corrected chi connectivity index (χ0v) is 39.0. The molecule has 2 saturated heterocycles. The predicted octanol–water partition coefficient (Wildman–Crippen LogP) is 5.12. The van der Waals surface area contributed by atoms with E-state index in [2.05, 4.69) is 54.8 Å². The number of methoxy groups -OCH3 is 1. The number of likely N-dealkylation sites (tertiary alicyclic amines) is 1. The summed E-state index contributed by atoms with van der Waals surface area (Å²) < 4.78 is 14.1. The highest BCUT2D eigenvalue weighted by Crippen LogP contribution is 2.41. The number of pyridine rings is 2. The molecule has 64 heavy (non-hydrogen) atoms. The lowest BCUT2D eigenvalue weighted by Crippen LogP contribution is -2.62. The van der Waals surface area contributed by atoms with Gasteiger partial charge in [-0.05, 0) is 75.8 Å². The first-order chi connectivity index (χ1) is 30.5. The number of nitrogens with one attached hydrogen (secondary N) is 2. The Labute approximate surface area is 378 Å². The maximum absolute atomic E-state index is 14.6. The number of likely N-dealkylation sites (N-methyl/N-ethyl adjacent to an activating group) is 1. The molecule has 2 N–H and O–H groups in total. The lowest BCUT2D eigenvalue weighted by atomic mass is 9.85. The zero-order valence-electron chi connectivity index (χ0n) is 38.2. The minimum absolute atomic E-state index is 0.0393. The summed E-state index contributed by atoms with van der Waals surface area (Å²) in [7, 11) is 3.26. The Kier molecular flexibility index (Phi) is 14.0. The van der Waals surface area contributed by atoms with Gasteiger partial charge in [0, 0.05) is 74.9 Å². The first-order valence-electron chi connectivity index (χ1n) is 22.2. The summed E-state index contributed by atoms with van der Waals surface area (Å²) in [5.41, 5.74) is 9.24. The second-order valence-corrected chi connectivity index (χ2v) is 19.1. The smallest absolute Gasteiger partial charge is 0.324 e. The van der Waals surface area contributed by atoms with Crippen LogP contribution >= 0.6 is 11.3 Å². The van der Waals surface area contributed by atoms with Gasteiger partial charge in [0.15, 0.2) is 0 Å². The van der Waals surface area contributed by atoms with Crippen molar-refractivity contribution in [2.24, 2.45) is 17.3 Å². The summed E-state index contributed by atoms with van der Waals surface area (Å²) in [5.74, 6) is -2.71. The van der Waals surface area contributed by atoms with Crippen molar-refractivity contribution in [1.29, 1.82) is 0 Å². The fourth-order valence-electron chi connectivity index (χ4n) is 9.29. The third-order valence-corrected chi connectivity index (χ3v) is 13.6. The van der Waals surface area contributed by atoms with Crippen LogP contribution in [0.15, 0.2) is 48.5 Å². The first-order valence-corrected chi connectivity index (χ1v) is 23.1. The Bertz CT molecular complexity index is 2430. The van der Waals surface area contributed by atoms with Crippen LogP contribution in [0.2, 0.25) is 0 Å². The van der Waals surface area contributed by atoms with Crippen LogP contribution in [0.3, 0.4) is 0 Å². The molecule has 6 bridgehead atoms. The fourth-order valence-corrected chi connectivity index (χ4v) is 10.1. The van der Waals surface area contributed by atoms with Gasteiger partial charge in [-0.25, -0.2) is 15.4 Å². The molecule has 4 aromatic heterocycles. The average molecular weight is 896 g/mol. The molecule has 7 heterocycles. The molecule has 0 spiro atoms. The number of hydrogen-bond donors (Lipinski definition) is 2. The van der Waals surface area contributed by atoms with Crippen molar-refractivity contribution in [3.05, 3.63) is 65.4 Å². The van der Waals surface area contributed by atoms with Gasteiger partial charge < -0.3 is 29.2 Å². The number of rotatable bonds is 10. The normalized spacial score (nSPS) is 21.3. The molecule has 3 aliphatic heterocycles. The zero-order chi connectivity index (χ0) is 46.0. The first kappa shape index (κ1) is 46.5. The van der Waals surface area contributed by atoms with Crippen molar-refractivity contribution in [3.8, 4) is 22.0 Å². The minimum atomic E-state index is -1.11. The van der Waals surface area contributed by atoms with Gasteiger partial charge >= 0.3 is 5.97 Å². The van der Waals surface area contributed by atoms with Crippen molar-refractivity contribution < 1.29 is 33.4 Å². The summed E-state index contributed by atoms with van der Waals surface area (Å²) in [4.78, 5) is 87.1. The highest BCUT2D eigenvalue weighted by Gasteiger charge is 2.40. The standard InChI is InChI=1S/C47H61N9O7S/c1-10-37(57)54-21-18-29(24-54)44(59)53(8)40(27(3)4)42(58)51-35-22-30-25-64-43(49-30)33-16-17-36-39(50-33)32(41(55(36)11-2)31-14-12-19-48-38(31)28(5)62-9)23-47(6,7)26-63-46(61)34-15-13-20-56(52-34)45(35)60/h10,12,14,16-17,19,25,27-29,34-35,40,52H,1,11,13,15,18,20-24,26H2,2-9H3,(H,51,58)/t28-,29?,34-,35-,40-/m0/s1. The van der Waals surface area contributed by atoms with Gasteiger partial charge in [-0.1, -0.05) is 34.3 Å². The average Bonchev–Trinajstić information content (AvgIpc) is 4.05. The van der Waals surface area contributed by atoms with Crippen LogP contribution in [-0.2, 0) is 52.8 Å². The number of amides is 4. The summed E-state index contributed by atoms with van der Waals surface area (Å²) >= 11 is 1.40. The Balaban J connectivity index is 1.27. The SMILES string of the molecule is C=CC(=O)N1CCC(C(=O)N(C)[C@H](C(=O)N[C@H]2Cc3csc(n3)-c3ccc4c(n3)c(c(-c3cccnc3[C@H](C)OC)n4CC)CC(C)(C)COC(=O)[C@@H]3CCCN(N3)C2=O)C(C)C)C1. The van der Waals surface area contributed by atoms with Gasteiger partial charge in [0.2, 0.25) is 17.7 Å². The lowest BCUT2D eigenvalue weighted by molar-refractivity contribution is -0.155. The number of cyclic esters (lactones) is 1. The molecule has 7 rings (SSSR count). The molecule has 16 nitrogen and oxygen atoms in total. The van der Waals surface area contributed by atoms with Crippen molar-refractivity contribution >= 4 is 52.0 Å². The number of esters is 1. The largest absolute Gasteiger partial charge is 0.464 e. The number of hydrazine groups is 1. The number of aryl methyl sites for hydroxylation is 1. The minimum Gasteiger partial charge on any atom is -0.464 e. The van der Waals surface area contributed by atoms with Crippen molar-refractivity contribution in [2.75, 3.05) is 40.4 Å². The molecular weight excluding hydrogens is 835 g/mol. The van der Waals surface area contributed by atoms with Gasteiger partial charge in [0.1, 0.15) is 23.1 Å². The molecule has 5 atom stereocenters. The van der Waals surface area contributed by atoms with E-state index >= 15 is 0 Å². The van der Waals surface area contributed by atoms with Crippen LogP contribution in [0.1, 0.15) is 83.9 Å². The third-order valence-electron chi connectivity index (χ3n) is 12.6. The second kappa shape index (κ2) is 19.3. The van der Waals surface area contributed by atoms with Crippen LogP contribution in [0.5, 0.6) is 0 Å². The second-order valence-electron chi connectivity index (χ2n) is 18.2. The molecule has 0 aromatic carbocycles. The summed E-state index contributed by atoms with van der Waals surface area (Å²) in [6, 6.07) is 5.19. The van der Waals surface area contributed by atoms with Crippen molar-refractivity contribution in [1.82, 2.24) is 45.1 Å². The molecule has 0 aliphatic carbocycles. The van der Waals surface area contributed by atoms with Gasteiger partial charge in [0.05, 0.1) is 52.4 Å². The molecular formula is C47H61N9O7S. The number of ether oxygens (including phenoxy) is 2. The molecule has 342 valence electrons. The highest BCUT2D eigenvalue weighted by molar-refractivity contribution is 7.13. The topological polar surface area (TPSA) is 181 Å². The maximum atomic E-state index is 14.6. The number of carbonyl (C=O) groups is 5. The molecule has 2 fully saturated rings. The van der Waals surface area contributed by atoms with Crippen molar-refractivity contribution in [3.63, 3.8) is 0 Å². The molecule has 4 amide bonds. The Morgan fingerprint density at radius 1 is 1.14 bits per heavy atom. The number of carbonyl (C=O) groups excluding carboxylic acids is 5. The molecule has 4 aromatic rings. The van der Waals surface area contributed by atoms with E-state index in [4.69, 9.17) is 24.4 Å². The molecule has 1 unspecified atom stereocenters.